The van der Waals surface area contributed by atoms with Crippen molar-refractivity contribution in [3.8, 4) is 17.1 Å². The normalized spacial score (nSPS) is 12.0. The molecule has 0 fully saturated rings. The van der Waals surface area contributed by atoms with Gasteiger partial charge in [0.15, 0.2) is 11.0 Å². The first-order valence-corrected chi connectivity index (χ1v) is 8.72. The fraction of sp³-hybridized carbons (Fsp3) is 0.176. The molecule has 0 aliphatic heterocycles. The summed E-state index contributed by atoms with van der Waals surface area (Å²) in [5.41, 5.74) is 1.72. The molecule has 25 heavy (non-hydrogen) atoms. The van der Waals surface area contributed by atoms with Crippen molar-refractivity contribution in [3.05, 3.63) is 53.8 Å². The fourth-order valence-electron chi connectivity index (χ4n) is 2.23. The topological polar surface area (TPSA) is 69.9 Å². The van der Waals surface area contributed by atoms with Crippen molar-refractivity contribution in [2.24, 2.45) is 0 Å². The number of halogens is 1. The molecular weight excluding hydrogens is 360 g/mol. The Hall–Kier alpha value is -2.38. The molecule has 3 aromatic rings. The van der Waals surface area contributed by atoms with Gasteiger partial charge in [-0.3, -0.25) is 14.3 Å². The van der Waals surface area contributed by atoms with Gasteiger partial charge >= 0.3 is 5.97 Å². The number of methoxy groups -OCH3 is 1. The summed E-state index contributed by atoms with van der Waals surface area (Å²) >= 11 is 7.28. The molecule has 6 nitrogen and oxygen atoms in total. The van der Waals surface area contributed by atoms with Gasteiger partial charge in [0.1, 0.15) is 5.25 Å². The highest BCUT2D eigenvalue weighted by Crippen LogP contribution is 2.30. The smallest absolute Gasteiger partial charge is 0.318 e. The van der Waals surface area contributed by atoms with Crippen LogP contribution in [0.3, 0.4) is 0 Å². The maximum absolute atomic E-state index is 11.8. The molecule has 0 aliphatic rings. The molecule has 1 aromatic carbocycles. The minimum atomic E-state index is -0.412. The first kappa shape index (κ1) is 17.4. The second kappa shape index (κ2) is 7.67. The number of esters is 1. The standard InChI is InChI=1S/C17H15ClN4O2S/c1-11(16(23)24-2)25-17-21-20-15(12-7-9-19-10-8-12)22(17)14-5-3-13(18)4-6-14/h3-11H,1-2H3/t11-/m1/s1. The maximum Gasteiger partial charge on any atom is 0.318 e. The van der Waals surface area contributed by atoms with E-state index in [2.05, 4.69) is 15.2 Å². The zero-order chi connectivity index (χ0) is 17.8. The van der Waals surface area contributed by atoms with E-state index in [1.807, 2.05) is 28.8 Å². The number of benzene rings is 1. The number of aromatic nitrogens is 4. The molecule has 2 heterocycles. The Kier molecular flexibility index (Phi) is 5.35. The molecule has 0 saturated carbocycles. The summed E-state index contributed by atoms with van der Waals surface area (Å²) in [5.74, 6) is 0.338. The van der Waals surface area contributed by atoms with E-state index < -0.39 is 5.25 Å². The summed E-state index contributed by atoms with van der Waals surface area (Å²) in [6.45, 7) is 1.77. The number of pyridine rings is 1. The summed E-state index contributed by atoms with van der Waals surface area (Å²) < 4.78 is 6.68. The summed E-state index contributed by atoms with van der Waals surface area (Å²) in [7, 11) is 1.37. The number of rotatable bonds is 5. The van der Waals surface area contributed by atoms with Crippen LogP contribution in [0.4, 0.5) is 0 Å². The van der Waals surface area contributed by atoms with Gasteiger partial charge in [-0.1, -0.05) is 23.4 Å². The predicted molar refractivity (Wildman–Crippen MR) is 96.9 cm³/mol. The van der Waals surface area contributed by atoms with Crippen LogP contribution in [-0.4, -0.2) is 38.1 Å². The minimum absolute atomic E-state index is 0.318. The van der Waals surface area contributed by atoms with Crippen molar-refractivity contribution in [2.45, 2.75) is 17.3 Å². The Balaban J connectivity index is 2.08. The molecule has 0 amide bonds. The molecule has 128 valence electrons. The van der Waals surface area contributed by atoms with E-state index in [9.17, 15) is 4.79 Å². The molecular formula is C17H15ClN4O2S. The lowest BCUT2D eigenvalue weighted by molar-refractivity contribution is -0.139. The van der Waals surface area contributed by atoms with Gasteiger partial charge < -0.3 is 4.74 Å². The lowest BCUT2D eigenvalue weighted by Crippen LogP contribution is -2.15. The van der Waals surface area contributed by atoms with Gasteiger partial charge in [0, 0.05) is 28.7 Å². The Morgan fingerprint density at radius 1 is 1.16 bits per heavy atom. The number of carbonyl (C=O) groups is 1. The van der Waals surface area contributed by atoms with Crippen molar-refractivity contribution < 1.29 is 9.53 Å². The molecule has 0 spiro atoms. The first-order valence-electron chi connectivity index (χ1n) is 7.46. The Morgan fingerprint density at radius 3 is 2.48 bits per heavy atom. The van der Waals surface area contributed by atoms with Crippen LogP contribution in [-0.2, 0) is 9.53 Å². The number of nitrogens with zero attached hydrogens (tertiary/aromatic N) is 4. The van der Waals surface area contributed by atoms with E-state index in [1.54, 1.807) is 31.5 Å². The van der Waals surface area contributed by atoms with Crippen molar-refractivity contribution in [2.75, 3.05) is 7.11 Å². The van der Waals surface area contributed by atoms with Crippen LogP contribution in [0.2, 0.25) is 5.02 Å². The minimum Gasteiger partial charge on any atom is -0.468 e. The second-order valence-electron chi connectivity index (χ2n) is 5.14. The number of carbonyl (C=O) groups excluding carboxylic acids is 1. The lowest BCUT2D eigenvalue weighted by Gasteiger charge is -2.12. The van der Waals surface area contributed by atoms with Crippen molar-refractivity contribution >= 4 is 29.3 Å². The number of ether oxygens (including phenoxy) is 1. The lowest BCUT2D eigenvalue weighted by atomic mass is 10.2. The first-order chi connectivity index (χ1) is 12.1. The van der Waals surface area contributed by atoms with Crippen LogP contribution in [0, 0.1) is 0 Å². The SMILES string of the molecule is COC(=O)[C@@H](C)Sc1nnc(-c2ccncc2)n1-c1ccc(Cl)cc1. The summed E-state index contributed by atoms with van der Waals surface area (Å²) in [4.78, 5) is 15.8. The fourth-order valence-corrected chi connectivity index (χ4v) is 3.25. The van der Waals surface area contributed by atoms with Crippen LogP contribution >= 0.6 is 23.4 Å². The zero-order valence-electron chi connectivity index (χ0n) is 13.6. The van der Waals surface area contributed by atoms with Gasteiger partial charge in [-0.15, -0.1) is 10.2 Å². The van der Waals surface area contributed by atoms with E-state index in [1.165, 1.54) is 18.9 Å². The molecule has 0 saturated heterocycles. The molecule has 0 radical (unpaired) electrons. The van der Waals surface area contributed by atoms with Gasteiger partial charge in [-0.25, -0.2) is 0 Å². The van der Waals surface area contributed by atoms with Gasteiger partial charge in [0.2, 0.25) is 0 Å². The van der Waals surface area contributed by atoms with Crippen LogP contribution in [0.25, 0.3) is 17.1 Å². The van der Waals surface area contributed by atoms with Gasteiger partial charge in [-0.2, -0.15) is 0 Å². The average molecular weight is 375 g/mol. The van der Waals surface area contributed by atoms with Crippen molar-refractivity contribution in [1.29, 1.82) is 0 Å². The Bertz CT molecular complexity index is 868. The van der Waals surface area contributed by atoms with Crippen LogP contribution in [0.15, 0.2) is 53.9 Å². The number of hydrogen-bond acceptors (Lipinski definition) is 6. The summed E-state index contributed by atoms with van der Waals surface area (Å²) in [6, 6.07) is 11.1. The van der Waals surface area contributed by atoms with Crippen molar-refractivity contribution in [3.63, 3.8) is 0 Å². The van der Waals surface area contributed by atoms with Crippen LogP contribution < -0.4 is 0 Å². The van der Waals surface area contributed by atoms with Crippen molar-refractivity contribution in [1.82, 2.24) is 19.7 Å². The Morgan fingerprint density at radius 2 is 1.84 bits per heavy atom. The van der Waals surface area contributed by atoms with E-state index in [-0.39, 0.29) is 5.97 Å². The largest absolute Gasteiger partial charge is 0.468 e. The summed E-state index contributed by atoms with van der Waals surface area (Å²) in [5, 5.41) is 9.38. The van der Waals surface area contributed by atoms with Gasteiger partial charge in [0.25, 0.3) is 0 Å². The molecule has 1 atom stereocenters. The highest BCUT2D eigenvalue weighted by atomic mass is 35.5. The van der Waals surface area contributed by atoms with E-state index >= 15 is 0 Å². The Labute approximate surface area is 154 Å². The number of thioether (sulfide) groups is 1. The monoisotopic (exact) mass is 374 g/mol. The molecule has 0 bridgehead atoms. The zero-order valence-corrected chi connectivity index (χ0v) is 15.2. The molecule has 0 unspecified atom stereocenters. The van der Waals surface area contributed by atoms with Crippen LogP contribution in [0.1, 0.15) is 6.92 Å². The quantitative estimate of drug-likeness (QED) is 0.501. The van der Waals surface area contributed by atoms with E-state index in [0.717, 1.165) is 11.3 Å². The highest BCUT2D eigenvalue weighted by Gasteiger charge is 2.22. The third-order valence-corrected chi connectivity index (χ3v) is 4.75. The maximum atomic E-state index is 11.8. The van der Waals surface area contributed by atoms with E-state index in [4.69, 9.17) is 16.3 Å². The van der Waals surface area contributed by atoms with Gasteiger partial charge in [0.05, 0.1) is 7.11 Å². The molecule has 2 aromatic heterocycles. The summed E-state index contributed by atoms with van der Waals surface area (Å²) in [6.07, 6.45) is 3.39. The molecule has 0 aliphatic carbocycles. The number of hydrogen-bond donors (Lipinski definition) is 0. The second-order valence-corrected chi connectivity index (χ2v) is 6.88. The molecule has 3 rings (SSSR count). The predicted octanol–water partition coefficient (Wildman–Crippen LogP) is 3.64. The third kappa shape index (κ3) is 3.83. The highest BCUT2D eigenvalue weighted by molar-refractivity contribution is 8.00. The van der Waals surface area contributed by atoms with Crippen LogP contribution in [0.5, 0.6) is 0 Å². The molecule has 0 N–H and O–H groups in total. The molecule has 8 heteroatoms. The van der Waals surface area contributed by atoms with E-state index in [0.29, 0.717) is 16.0 Å². The third-order valence-electron chi connectivity index (χ3n) is 3.47. The van der Waals surface area contributed by atoms with Gasteiger partial charge in [-0.05, 0) is 43.3 Å². The average Bonchev–Trinajstić information content (AvgIpc) is 3.06.